The lowest BCUT2D eigenvalue weighted by molar-refractivity contribution is -0.129. The third-order valence-electron chi connectivity index (χ3n) is 2.07. The van der Waals surface area contributed by atoms with E-state index in [2.05, 4.69) is 0 Å². The molecular weight excluding hydrogens is 211 g/mol. The summed E-state index contributed by atoms with van der Waals surface area (Å²) < 4.78 is 18.3. The Bertz CT molecular complexity index is 369. The molecule has 0 aromatic heterocycles. The smallest absolute Gasteiger partial charge is 0.275 e. The minimum absolute atomic E-state index is 0.0631. The molecule has 5 heteroatoms. The fraction of sp³-hybridized carbons (Fsp3) is 0.364. The Kier molecular flexibility index (Phi) is 4.25. The Morgan fingerprint density at radius 2 is 2.19 bits per heavy atom. The number of nitrogens with two attached hydrogens (primary N) is 1. The monoisotopic (exact) mass is 226 g/mol. The van der Waals surface area contributed by atoms with Crippen LogP contribution in [0.3, 0.4) is 0 Å². The first-order valence-corrected chi connectivity index (χ1v) is 4.97. The minimum atomic E-state index is -0.730. The lowest BCUT2D eigenvalue weighted by Gasteiger charge is -2.20. The van der Waals surface area contributed by atoms with Gasteiger partial charge in [0.2, 0.25) is 0 Å². The predicted octanol–water partition coefficient (Wildman–Crippen LogP) is 1.22. The normalized spacial score (nSPS) is 12.3. The number of carbonyl (C=O) groups is 1. The number of amides is 1. The molecule has 88 valence electrons. The second kappa shape index (κ2) is 5.46. The van der Waals surface area contributed by atoms with Crippen LogP contribution in [-0.2, 0) is 4.79 Å². The molecule has 0 radical (unpaired) electrons. The molecule has 0 aliphatic heterocycles. The molecule has 0 aliphatic rings. The minimum Gasteiger partial charge on any atom is -0.480 e. The van der Waals surface area contributed by atoms with Gasteiger partial charge in [-0.2, -0.15) is 0 Å². The summed E-state index contributed by atoms with van der Waals surface area (Å²) >= 11 is 0. The molecule has 16 heavy (non-hydrogen) atoms. The van der Waals surface area contributed by atoms with Crippen molar-refractivity contribution in [2.24, 2.45) is 11.8 Å². The van der Waals surface area contributed by atoms with Crippen molar-refractivity contribution in [3.63, 3.8) is 0 Å². The molecule has 1 aromatic carbocycles. The Hall–Kier alpha value is -1.62. The number of halogens is 1. The van der Waals surface area contributed by atoms with E-state index < -0.39 is 17.8 Å². The van der Waals surface area contributed by atoms with E-state index in [1.54, 1.807) is 6.07 Å². The van der Waals surface area contributed by atoms with Crippen LogP contribution in [0.4, 0.5) is 4.39 Å². The summed E-state index contributed by atoms with van der Waals surface area (Å²) in [4.78, 5) is 11.4. The highest BCUT2D eigenvalue weighted by molar-refractivity contribution is 5.80. The van der Waals surface area contributed by atoms with Gasteiger partial charge >= 0.3 is 0 Å². The van der Waals surface area contributed by atoms with Gasteiger partial charge in [0.25, 0.3) is 5.91 Å². The van der Waals surface area contributed by atoms with Crippen molar-refractivity contribution >= 4 is 5.91 Å². The zero-order valence-corrected chi connectivity index (χ0v) is 9.24. The van der Waals surface area contributed by atoms with Crippen molar-refractivity contribution in [2.45, 2.75) is 20.0 Å². The maximum absolute atomic E-state index is 12.9. The van der Waals surface area contributed by atoms with Crippen molar-refractivity contribution in [3.8, 4) is 5.75 Å². The van der Waals surface area contributed by atoms with Gasteiger partial charge in [0, 0.05) is 6.07 Å². The fourth-order valence-electron chi connectivity index (χ4n) is 1.26. The van der Waals surface area contributed by atoms with Crippen molar-refractivity contribution in [1.29, 1.82) is 0 Å². The van der Waals surface area contributed by atoms with E-state index >= 15 is 0 Å². The van der Waals surface area contributed by atoms with Crippen LogP contribution in [0.5, 0.6) is 5.75 Å². The molecule has 1 unspecified atom stereocenters. The molecule has 0 saturated heterocycles. The molecule has 0 saturated carbocycles. The Morgan fingerprint density at radius 1 is 1.50 bits per heavy atom. The lowest BCUT2D eigenvalue weighted by atomic mass is 10.1. The lowest BCUT2D eigenvalue weighted by Crippen LogP contribution is -2.44. The molecular formula is C11H15FN2O2. The zero-order chi connectivity index (χ0) is 12.1. The van der Waals surface area contributed by atoms with E-state index in [9.17, 15) is 9.18 Å². The van der Waals surface area contributed by atoms with Gasteiger partial charge < -0.3 is 4.74 Å². The zero-order valence-electron chi connectivity index (χ0n) is 9.24. The van der Waals surface area contributed by atoms with Crippen LogP contribution >= 0.6 is 0 Å². The average molecular weight is 226 g/mol. The van der Waals surface area contributed by atoms with Crippen LogP contribution in [0.25, 0.3) is 0 Å². The van der Waals surface area contributed by atoms with Gasteiger partial charge in [0.05, 0.1) is 0 Å². The van der Waals surface area contributed by atoms with Gasteiger partial charge in [-0.15, -0.1) is 0 Å². The largest absolute Gasteiger partial charge is 0.480 e. The first-order chi connectivity index (χ1) is 7.54. The van der Waals surface area contributed by atoms with Crippen LogP contribution < -0.4 is 16.0 Å². The Morgan fingerprint density at radius 3 is 2.69 bits per heavy atom. The number of nitrogens with one attached hydrogen (secondary N) is 1. The fourth-order valence-corrected chi connectivity index (χ4v) is 1.26. The third kappa shape index (κ3) is 3.20. The summed E-state index contributed by atoms with van der Waals surface area (Å²) in [5.74, 6) is 4.44. The molecule has 1 aromatic rings. The van der Waals surface area contributed by atoms with Gasteiger partial charge in [-0.25, -0.2) is 10.2 Å². The summed E-state index contributed by atoms with van der Waals surface area (Å²) in [5.41, 5.74) is 2.02. The third-order valence-corrected chi connectivity index (χ3v) is 2.07. The van der Waals surface area contributed by atoms with Crippen LogP contribution in [0.1, 0.15) is 13.8 Å². The van der Waals surface area contributed by atoms with E-state index in [1.165, 1.54) is 18.2 Å². The topological polar surface area (TPSA) is 64.3 Å². The molecule has 4 nitrogen and oxygen atoms in total. The van der Waals surface area contributed by atoms with Crippen LogP contribution in [0, 0.1) is 11.7 Å². The predicted molar refractivity (Wildman–Crippen MR) is 58.0 cm³/mol. The van der Waals surface area contributed by atoms with E-state index in [1.807, 2.05) is 19.3 Å². The maximum atomic E-state index is 12.9. The van der Waals surface area contributed by atoms with Gasteiger partial charge in [0.1, 0.15) is 11.6 Å². The number of rotatable bonds is 4. The van der Waals surface area contributed by atoms with Crippen LogP contribution in [0.2, 0.25) is 0 Å². The summed E-state index contributed by atoms with van der Waals surface area (Å²) in [6.45, 7) is 3.64. The van der Waals surface area contributed by atoms with Gasteiger partial charge in [-0.1, -0.05) is 19.9 Å². The second-order valence-electron chi connectivity index (χ2n) is 3.75. The van der Waals surface area contributed by atoms with E-state index in [0.29, 0.717) is 5.75 Å². The van der Waals surface area contributed by atoms with E-state index in [-0.39, 0.29) is 5.92 Å². The molecule has 1 rings (SSSR count). The molecule has 0 heterocycles. The molecule has 1 atom stereocenters. The number of hydrogen-bond donors (Lipinski definition) is 2. The molecule has 0 fully saturated rings. The highest BCUT2D eigenvalue weighted by atomic mass is 19.1. The van der Waals surface area contributed by atoms with Crippen molar-refractivity contribution in [3.05, 3.63) is 30.1 Å². The number of benzene rings is 1. The first-order valence-electron chi connectivity index (χ1n) is 4.97. The quantitative estimate of drug-likeness (QED) is 0.461. The van der Waals surface area contributed by atoms with Gasteiger partial charge in [-0.3, -0.25) is 10.2 Å². The van der Waals surface area contributed by atoms with Crippen molar-refractivity contribution in [2.75, 3.05) is 0 Å². The molecule has 1 amide bonds. The highest BCUT2D eigenvalue weighted by Gasteiger charge is 2.23. The standard InChI is InChI=1S/C11H15FN2O2/c1-7(2)10(11(15)14-13)16-9-5-3-4-8(12)6-9/h3-7,10H,13H2,1-2H3,(H,14,15). The Labute approximate surface area is 93.6 Å². The molecule has 3 N–H and O–H groups in total. The SMILES string of the molecule is CC(C)C(Oc1cccc(F)c1)C(=O)NN. The second-order valence-corrected chi connectivity index (χ2v) is 3.75. The first kappa shape index (κ1) is 12.4. The highest BCUT2D eigenvalue weighted by Crippen LogP contribution is 2.17. The number of ether oxygens (including phenoxy) is 1. The van der Waals surface area contributed by atoms with Crippen molar-refractivity contribution in [1.82, 2.24) is 5.43 Å². The number of hydrazine groups is 1. The summed E-state index contributed by atoms with van der Waals surface area (Å²) in [6.07, 6.45) is -0.730. The molecule has 0 spiro atoms. The van der Waals surface area contributed by atoms with E-state index in [0.717, 1.165) is 0 Å². The van der Waals surface area contributed by atoms with E-state index in [4.69, 9.17) is 10.6 Å². The van der Waals surface area contributed by atoms with Crippen LogP contribution in [-0.4, -0.2) is 12.0 Å². The maximum Gasteiger partial charge on any atom is 0.275 e. The Balaban J connectivity index is 2.79. The van der Waals surface area contributed by atoms with Crippen LogP contribution in [0.15, 0.2) is 24.3 Å². The summed E-state index contributed by atoms with van der Waals surface area (Å²) in [6, 6.07) is 5.63. The van der Waals surface area contributed by atoms with Crippen molar-refractivity contribution < 1.29 is 13.9 Å². The molecule has 0 bridgehead atoms. The number of carbonyl (C=O) groups excluding carboxylic acids is 1. The summed E-state index contributed by atoms with van der Waals surface area (Å²) in [5, 5.41) is 0. The average Bonchev–Trinajstić information content (AvgIpc) is 2.24. The number of hydrogen-bond acceptors (Lipinski definition) is 3. The van der Waals surface area contributed by atoms with Gasteiger partial charge in [-0.05, 0) is 18.1 Å². The molecule has 0 aliphatic carbocycles. The van der Waals surface area contributed by atoms with Gasteiger partial charge in [0.15, 0.2) is 6.10 Å². The summed E-state index contributed by atoms with van der Waals surface area (Å²) in [7, 11) is 0.